The largest absolute Gasteiger partial charge is 0.497 e. The third kappa shape index (κ3) is 2.23. The van der Waals surface area contributed by atoms with Crippen LogP contribution in [-0.2, 0) is 9.53 Å². The molecule has 0 unspecified atom stereocenters. The van der Waals surface area contributed by atoms with E-state index in [4.69, 9.17) is 15.2 Å². The van der Waals surface area contributed by atoms with Crippen molar-refractivity contribution in [3.05, 3.63) is 52.6 Å². The first-order valence-corrected chi connectivity index (χ1v) is 7.13. The Balaban J connectivity index is 2.18. The fraction of sp³-hybridized carbons (Fsp3) is 0.294. The zero-order chi connectivity index (χ0) is 15.7. The lowest BCUT2D eigenvalue weighted by molar-refractivity contribution is -0.116. The molecule has 0 saturated carbocycles. The number of hydrogen-bond acceptors (Lipinski definition) is 5. The molecule has 1 aliphatic heterocycles. The van der Waals surface area contributed by atoms with Crippen LogP contribution in [0.3, 0.4) is 0 Å². The van der Waals surface area contributed by atoms with Crippen LogP contribution >= 0.6 is 0 Å². The van der Waals surface area contributed by atoms with Crippen molar-refractivity contribution < 1.29 is 14.3 Å². The minimum Gasteiger partial charge on any atom is -0.497 e. The summed E-state index contributed by atoms with van der Waals surface area (Å²) in [6.07, 6.45) is 1.89. The first kappa shape index (κ1) is 14.2. The van der Waals surface area contributed by atoms with Crippen molar-refractivity contribution in [2.75, 3.05) is 7.11 Å². The molecule has 2 N–H and O–H groups in total. The Kier molecular flexibility index (Phi) is 3.60. The van der Waals surface area contributed by atoms with Gasteiger partial charge in [-0.3, -0.25) is 4.79 Å². The fourth-order valence-electron chi connectivity index (χ4n) is 3.01. The smallest absolute Gasteiger partial charge is 0.205 e. The van der Waals surface area contributed by atoms with E-state index in [0.717, 1.165) is 12.0 Å². The van der Waals surface area contributed by atoms with Gasteiger partial charge in [-0.1, -0.05) is 12.1 Å². The van der Waals surface area contributed by atoms with Crippen LogP contribution < -0.4 is 10.5 Å². The average Bonchev–Trinajstić information content (AvgIpc) is 2.54. The van der Waals surface area contributed by atoms with E-state index in [9.17, 15) is 10.1 Å². The standard InChI is InChI=1S/C17H16N2O3/c1-21-11-5-2-4-10(8-11)15-12(9-18)17(19)22-14-7-3-6-13(20)16(14)15/h2,4-5,8,15H,3,6-7,19H2,1H3/t15-/m1/s1. The second-order valence-corrected chi connectivity index (χ2v) is 5.31. The molecule has 1 atom stereocenters. The Labute approximate surface area is 128 Å². The second kappa shape index (κ2) is 5.57. The Morgan fingerprint density at radius 2 is 2.23 bits per heavy atom. The lowest BCUT2D eigenvalue weighted by atomic mass is 9.77. The van der Waals surface area contributed by atoms with Gasteiger partial charge in [0.25, 0.3) is 0 Å². The summed E-state index contributed by atoms with van der Waals surface area (Å²) < 4.78 is 10.8. The molecule has 3 rings (SSSR count). The molecule has 0 saturated heterocycles. The highest BCUT2D eigenvalue weighted by Crippen LogP contribution is 2.43. The number of carbonyl (C=O) groups is 1. The van der Waals surface area contributed by atoms with Gasteiger partial charge in [-0.2, -0.15) is 5.26 Å². The molecule has 112 valence electrons. The maximum absolute atomic E-state index is 12.4. The van der Waals surface area contributed by atoms with Gasteiger partial charge in [-0.15, -0.1) is 0 Å². The second-order valence-electron chi connectivity index (χ2n) is 5.31. The molecular formula is C17H16N2O3. The summed E-state index contributed by atoms with van der Waals surface area (Å²) in [7, 11) is 1.58. The summed E-state index contributed by atoms with van der Waals surface area (Å²) in [5, 5.41) is 9.46. The summed E-state index contributed by atoms with van der Waals surface area (Å²) in [5.74, 6) is 0.903. The van der Waals surface area contributed by atoms with Gasteiger partial charge in [-0.05, 0) is 24.1 Å². The van der Waals surface area contributed by atoms with Gasteiger partial charge in [0.2, 0.25) is 5.88 Å². The number of nitrogens with two attached hydrogens (primary N) is 1. The number of nitriles is 1. The maximum atomic E-state index is 12.4. The highest BCUT2D eigenvalue weighted by molar-refractivity contribution is 5.99. The van der Waals surface area contributed by atoms with E-state index in [1.807, 2.05) is 24.3 Å². The SMILES string of the molecule is COc1cccc([C@@H]2C(C#N)=C(N)OC3=C2C(=O)CCC3)c1. The van der Waals surface area contributed by atoms with Gasteiger partial charge in [0.1, 0.15) is 23.2 Å². The van der Waals surface area contributed by atoms with Gasteiger partial charge in [0, 0.05) is 18.4 Å². The quantitative estimate of drug-likeness (QED) is 0.906. The normalized spacial score (nSPS) is 21.1. The van der Waals surface area contributed by atoms with E-state index in [2.05, 4.69) is 6.07 Å². The molecule has 0 radical (unpaired) electrons. The molecule has 0 bridgehead atoms. The van der Waals surface area contributed by atoms with Crippen LogP contribution in [0.1, 0.15) is 30.7 Å². The van der Waals surface area contributed by atoms with Crippen molar-refractivity contribution in [2.45, 2.75) is 25.2 Å². The van der Waals surface area contributed by atoms with Gasteiger partial charge in [-0.25, -0.2) is 0 Å². The molecule has 0 amide bonds. The summed E-state index contributed by atoms with van der Waals surface area (Å²) in [4.78, 5) is 12.4. The molecule has 1 heterocycles. The number of ether oxygens (including phenoxy) is 2. The van der Waals surface area contributed by atoms with Crippen molar-refractivity contribution in [3.8, 4) is 11.8 Å². The van der Waals surface area contributed by atoms with E-state index >= 15 is 0 Å². The minimum absolute atomic E-state index is 0.0225. The number of Topliss-reactive ketones (excluding diaryl/α,β-unsaturated/α-hetero) is 1. The van der Waals surface area contributed by atoms with E-state index in [0.29, 0.717) is 29.9 Å². The van der Waals surface area contributed by atoms with Crippen molar-refractivity contribution in [1.29, 1.82) is 5.26 Å². The molecule has 0 fully saturated rings. The minimum atomic E-state index is -0.475. The number of methoxy groups -OCH3 is 1. The Hall–Kier alpha value is -2.74. The predicted molar refractivity (Wildman–Crippen MR) is 79.5 cm³/mol. The number of benzene rings is 1. The molecule has 2 aliphatic rings. The third-order valence-electron chi connectivity index (χ3n) is 4.03. The fourth-order valence-corrected chi connectivity index (χ4v) is 3.01. The first-order chi connectivity index (χ1) is 10.7. The molecule has 1 aliphatic carbocycles. The summed E-state index contributed by atoms with van der Waals surface area (Å²) in [5.41, 5.74) is 7.55. The van der Waals surface area contributed by atoms with Gasteiger partial charge in [0.05, 0.1) is 13.0 Å². The molecule has 5 heteroatoms. The van der Waals surface area contributed by atoms with Crippen LogP contribution in [0.4, 0.5) is 0 Å². The Bertz CT molecular complexity index is 741. The van der Waals surface area contributed by atoms with Crippen LogP contribution in [0.5, 0.6) is 5.75 Å². The van der Waals surface area contributed by atoms with E-state index in [1.165, 1.54) is 0 Å². The zero-order valence-corrected chi connectivity index (χ0v) is 12.3. The van der Waals surface area contributed by atoms with Crippen LogP contribution in [0, 0.1) is 11.3 Å². The highest BCUT2D eigenvalue weighted by atomic mass is 16.5. The van der Waals surface area contributed by atoms with E-state index < -0.39 is 5.92 Å². The molecular weight excluding hydrogens is 280 g/mol. The molecule has 0 spiro atoms. The molecule has 22 heavy (non-hydrogen) atoms. The lowest BCUT2D eigenvalue weighted by Gasteiger charge is -2.31. The molecule has 1 aromatic rings. The number of hydrogen-bond donors (Lipinski definition) is 1. The molecule has 0 aromatic heterocycles. The third-order valence-corrected chi connectivity index (χ3v) is 4.03. The first-order valence-electron chi connectivity index (χ1n) is 7.13. The van der Waals surface area contributed by atoms with E-state index in [-0.39, 0.29) is 17.2 Å². The zero-order valence-electron chi connectivity index (χ0n) is 12.3. The highest BCUT2D eigenvalue weighted by Gasteiger charge is 2.37. The van der Waals surface area contributed by atoms with Crippen LogP contribution in [0.15, 0.2) is 47.1 Å². The van der Waals surface area contributed by atoms with Gasteiger partial charge in [0.15, 0.2) is 5.78 Å². The summed E-state index contributed by atoms with van der Waals surface area (Å²) >= 11 is 0. The monoisotopic (exact) mass is 296 g/mol. The predicted octanol–water partition coefficient (Wildman–Crippen LogP) is 2.51. The Morgan fingerprint density at radius 3 is 2.95 bits per heavy atom. The van der Waals surface area contributed by atoms with E-state index in [1.54, 1.807) is 7.11 Å². The maximum Gasteiger partial charge on any atom is 0.205 e. The summed E-state index contributed by atoms with van der Waals surface area (Å²) in [6.45, 7) is 0. The number of nitrogens with zero attached hydrogens (tertiary/aromatic N) is 1. The van der Waals surface area contributed by atoms with Crippen molar-refractivity contribution in [1.82, 2.24) is 0 Å². The number of carbonyl (C=O) groups excluding carboxylic acids is 1. The van der Waals surface area contributed by atoms with Gasteiger partial charge >= 0.3 is 0 Å². The van der Waals surface area contributed by atoms with Crippen LogP contribution in [0.2, 0.25) is 0 Å². The lowest BCUT2D eigenvalue weighted by Crippen LogP contribution is -2.27. The molecule has 1 aromatic carbocycles. The van der Waals surface area contributed by atoms with Crippen molar-refractivity contribution >= 4 is 5.78 Å². The van der Waals surface area contributed by atoms with Crippen LogP contribution in [0.25, 0.3) is 0 Å². The van der Waals surface area contributed by atoms with Gasteiger partial charge < -0.3 is 15.2 Å². The summed E-state index contributed by atoms with van der Waals surface area (Å²) in [6, 6.07) is 9.45. The topological polar surface area (TPSA) is 85.3 Å². The Morgan fingerprint density at radius 1 is 1.41 bits per heavy atom. The molecule has 5 nitrogen and oxygen atoms in total. The van der Waals surface area contributed by atoms with Crippen molar-refractivity contribution in [3.63, 3.8) is 0 Å². The average molecular weight is 296 g/mol. The van der Waals surface area contributed by atoms with Crippen molar-refractivity contribution in [2.24, 2.45) is 5.73 Å². The van der Waals surface area contributed by atoms with Crippen LogP contribution in [-0.4, -0.2) is 12.9 Å². The number of ketones is 1. The number of rotatable bonds is 2. The number of allylic oxidation sites excluding steroid dienone is 3.